The van der Waals surface area contributed by atoms with E-state index in [1.54, 1.807) is 0 Å². The van der Waals surface area contributed by atoms with E-state index < -0.39 is 0 Å². The predicted octanol–water partition coefficient (Wildman–Crippen LogP) is 1.01. The summed E-state index contributed by atoms with van der Waals surface area (Å²) in [7, 11) is 2.66. The van der Waals surface area contributed by atoms with Gasteiger partial charge in [-0.05, 0) is 12.8 Å². The Hall–Kier alpha value is 0.350. The second kappa shape index (κ2) is 4.27. The van der Waals surface area contributed by atoms with Crippen molar-refractivity contribution in [3.05, 3.63) is 0 Å². The van der Waals surface area contributed by atoms with E-state index in [1.165, 1.54) is 19.3 Å². The minimum Gasteiger partial charge on any atom is -0.392 e. The molecule has 0 aromatic carbocycles. The van der Waals surface area contributed by atoms with Gasteiger partial charge in [0.25, 0.3) is 0 Å². The molecule has 10 heavy (non-hydrogen) atoms. The molecule has 0 radical (unpaired) electrons. The molecule has 2 unspecified atom stereocenters. The highest BCUT2D eigenvalue weighted by Crippen LogP contribution is 2.13. The van der Waals surface area contributed by atoms with E-state index in [2.05, 4.69) is 14.1 Å². The molecule has 0 spiro atoms. The second-order valence-corrected chi connectivity index (χ2v) is 3.73. The van der Waals surface area contributed by atoms with Crippen molar-refractivity contribution in [1.82, 2.24) is 4.67 Å². The Balaban J connectivity index is 2.25. The summed E-state index contributed by atoms with van der Waals surface area (Å²) in [5.74, 6) is 0. The van der Waals surface area contributed by atoms with E-state index >= 15 is 0 Å². The summed E-state index contributed by atoms with van der Waals surface area (Å²) in [6.07, 6.45) is 4.61. The van der Waals surface area contributed by atoms with Crippen molar-refractivity contribution < 1.29 is 5.11 Å². The second-order valence-electron chi connectivity index (χ2n) is 3.00. The number of hydrogen-bond donors (Lipinski definition) is 1. The molecule has 1 heterocycles. The maximum absolute atomic E-state index is 9.33. The normalized spacial score (nSPS) is 31.2. The van der Waals surface area contributed by atoms with Gasteiger partial charge in [0.1, 0.15) is 0 Å². The summed E-state index contributed by atoms with van der Waals surface area (Å²) in [5, 5.41) is 9.33. The molecule has 2 atom stereocenters. The Kier molecular flexibility index (Phi) is 3.61. The molecule has 0 bridgehead atoms. The van der Waals surface area contributed by atoms with Crippen molar-refractivity contribution in [3.8, 4) is 0 Å². The first-order chi connectivity index (χ1) is 4.79. The average Bonchev–Trinajstić information content (AvgIpc) is 1.83. The van der Waals surface area contributed by atoms with Crippen LogP contribution >= 0.6 is 9.39 Å². The van der Waals surface area contributed by atoms with Crippen LogP contribution < -0.4 is 0 Å². The van der Waals surface area contributed by atoms with Crippen LogP contribution in [0.25, 0.3) is 0 Å². The molecule has 0 aromatic heterocycles. The van der Waals surface area contributed by atoms with Crippen LogP contribution in [0.5, 0.6) is 0 Å². The number of hydrogen-bond acceptors (Lipinski definition) is 2. The molecular formula is C7H16NOP. The van der Waals surface area contributed by atoms with Gasteiger partial charge in [0.05, 0.1) is 6.10 Å². The quantitative estimate of drug-likeness (QED) is 0.536. The lowest BCUT2D eigenvalue weighted by Crippen LogP contribution is -2.27. The monoisotopic (exact) mass is 161 g/mol. The predicted molar refractivity (Wildman–Crippen MR) is 45.8 cm³/mol. The molecular weight excluding hydrogens is 145 g/mol. The molecule has 1 aliphatic heterocycles. The minimum atomic E-state index is -0.0993. The summed E-state index contributed by atoms with van der Waals surface area (Å²) in [6, 6.07) is 0. The van der Waals surface area contributed by atoms with Crippen LogP contribution in [0.3, 0.4) is 0 Å². The van der Waals surface area contributed by atoms with Gasteiger partial charge in [-0.15, -0.1) is 0 Å². The van der Waals surface area contributed by atoms with E-state index in [0.717, 1.165) is 19.5 Å². The van der Waals surface area contributed by atoms with Crippen molar-refractivity contribution in [2.24, 2.45) is 0 Å². The van der Waals surface area contributed by atoms with E-state index in [-0.39, 0.29) is 6.10 Å². The van der Waals surface area contributed by atoms with Crippen molar-refractivity contribution in [1.29, 1.82) is 0 Å². The SMILES string of the molecule is OC1CCCCCN(P)C1. The highest BCUT2D eigenvalue weighted by atomic mass is 31.0. The Morgan fingerprint density at radius 3 is 2.90 bits per heavy atom. The van der Waals surface area contributed by atoms with Gasteiger partial charge in [-0.25, -0.2) is 0 Å². The van der Waals surface area contributed by atoms with Gasteiger partial charge in [0, 0.05) is 13.1 Å². The van der Waals surface area contributed by atoms with Crippen LogP contribution in [0.15, 0.2) is 0 Å². The maximum Gasteiger partial charge on any atom is 0.0670 e. The summed E-state index contributed by atoms with van der Waals surface area (Å²) in [6.45, 7) is 1.94. The third-order valence-corrected chi connectivity index (χ3v) is 2.40. The fourth-order valence-corrected chi connectivity index (χ4v) is 1.75. The van der Waals surface area contributed by atoms with Gasteiger partial charge in [-0.1, -0.05) is 22.2 Å². The zero-order valence-electron chi connectivity index (χ0n) is 6.29. The van der Waals surface area contributed by atoms with Gasteiger partial charge < -0.3 is 5.11 Å². The first-order valence-electron chi connectivity index (χ1n) is 3.97. The number of aliphatic hydroxyl groups is 1. The Bertz CT molecular complexity index is 89.6. The minimum absolute atomic E-state index is 0.0993. The van der Waals surface area contributed by atoms with E-state index in [0.29, 0.717) is 0 Å². The third kappa shape index (κ3) is 2.96. The first kappa shape index (κ1) is 8.45. The number of nitrogens with zero attached hydrogens (tertiary/aromatic N) is 1. The highest BCUT2D eigenvalue weighted by molar-refractivity contribution is 7.13. The standard InChI is InChI=1S/C7H16NOP/c9-7-4-2-1-3-5-8(10)6-7/h7,9H,1-6,10H2. The molecule has 0 saturated carbocycles. The van der Waals surface area contributed by atoms with Crippen LogP contribution in [0, 0.1) is 0 Å². The zero-order chi connectivity index (χ0) is 7.40. The Labute approximate surface area is 64.9 Å². The van der Waals surface area contributed by atoms with Crippen LogP contribution in [-0.2, 0) is 0 Å². The fourth-order valence-electron chi connectivity index (χ4n) is 1.32. The van der Waals surface area contributed by atoms with Crippen LogP contribution in [0.2, 0.25) is 0 Å². The van der Waals surface area contributed by atoms with Crippen molar-refractivity contribution in [2.75, 3.05) is 13.1 Å². The van der Waals surface area contributed by atoms with E-state index in [1.807, 2.05) is 0 Å². The summed E-state index contributed by atoms with van der Waals surface area (Å²) < 4.78 is 2.13. The van der Waals surface area contributed by atoms with Gasteiger partial charge in [0.2, 0.25) is 0 Å². The molecule has 1 rings (SSSR count). The Morgan fingerprint density at radius 2 is 2.10 bits per heavy atom. The largest absolute Gasteiger partial charge is 0.392 e. The van der Waals surface area contributed by atoms with Crippen LogP contribution in [0.4, 0.5) is 0 Å². The molecule has 2 nitrogen and oxygen atoms in total. The zero-order valence-corrected chi connectivity index (χ0v) is 7.45. The summed E-state index contributed by atoms with van der Waals surface area (Å²) >= 11 is 0. The highest BCUT2D eigenvalue weighted by Gasteiger charge is 2.10. The van der Waals surface area contributed by atoms with Crippen LogP contribution in [0.1, 0.15) is 25.7 Å². The lowest BCUT2D eigenvalue weighted by Gasteiger charge is -2.22. The van der Waals surface area contributed by atoms with E-state index in [9.17, 15) is 5.11 Å². The van der Waals surface area contributed by atoms with Crippen molar-refractivity contribution in [3.63, 3.8) is 0 Å². The number of β-amino-alcohol motifs (C(OH)–C–C–N with tert-alkyl or cyclic N) is 1. The van der Waals surface area contributed by atoms with Gasteiger partial charge in [-0.3, -0.25) is 4.67 Å². The fraction of sp³-hybridized carbons (Fsp3) is 1.00. The molecule has 3 heteroatoms. The Morgan fingerprint density at radius 1 is 1.30 bits per heavy atom. The molecule has 1 fully saturated rings. The smallest absolute Gasteiger partial charge is 0.0670 e. The molecule has 0 aromatic rings. The lowest BCUT2D eigenvalue weighted by molar-refractivity contribution is 0.128. The van der Waals surface area contributed by atoms with Crippen molar-refractivity contribution in [2.45, 2.75) is 31.8 Å². The lowest BCUT2D eigenvalue weighted by atomic mass is 10.1. The molecule has 1 aliphatic rings. The number of rotatable bonds is 0. The van der Waals surface area contributed by atoms with Crippen molar-refractivity contribution >= 4 is 9.39 Å². The summed E-state index contributed by atoms with van der Waals surface area (Å²) in [5.41, 5.74) is 0. The van der Waals surface area contributed by atoms with Crippen LogP contribution in [-0.4, -0.2) is 29.0 Å². The average molecular weight is 161 g/mol. The van der Waals surface area contributed by atoms with Gasteiger partial charge >= 0.3 is 0 Å². The molecule has 60 valence electrons. The van der Waals surface area contributed by atoms with Gasteiger partial charge in [-0.2, -0.15) is 0 Å². The molecule has 0 amide bonds. The van der Waals surface area contributed by atoms with E-state index in [4.69, 9.17) is 0 Å². The molecule has 1 saturated heterocycles. The maximum atomic E-state index is 9.33. The topological polar surface area (TPSA) is 23.5 Å². The first-order valence-corrected chi connectivity index (χ1v) is 4.48. The molecule has 1 N–H and O–H groups in total. The number of aliphatic hydroxyl groups excluding tert-OH is 1. The summed E-state index contributed by atoms with van der Waals surface area (Å²) in [4.78, 5) is 0. The van der Waals surface area contributed by atoms with Gasteiger partial charge in [0.15, 0.2) is 0 Å². The third-order valence-electron chi connectivity index (χ3n) is 1.93. The molecule has 0 aliphatic carbocycles.